The molecule has 1 saturated heterocycles. The SMILES string of the molecule is C=C1N(c2cc(Cl)cc(Cl)c2)C(=O)[C@@](C)(Cc2ccc(Br)cc2)N1/C(I)=C\C. The molecule has 1 fully saturated rings. The van der Waals surface area contributed by atoms with Crippen LogP contribution in [-0.4, -0.2) is 16.3 Å². The minimum Gasteiger partial charge on any atom is -0.307 e. The number of allylic oxidation sites excluding steroid dienone is 1. The molecule has 3 rings (SSSR count). The molecule has 1 heterocycles. The molecule has 0 saturated carbocycles. The Morgan fingerprint density at radius 2 is 1.79 bits per heavy atom. The summed E-state index contributed by atoms with van der Waals surface area (Å²) in [5.41, 5.74) is 0.836. The molecule has 0 aliphatic carbocycles. The number of carbonyl (C=O) groups excluding carboxylic acids is 1. The molecule has 0 radical (unpaired) electrons. The van der Waals surface area contributed by atoms with Gasteiger partial charge in [0.1, 0.15) is 11.4 Å². The van der Waals surface area contributed by atoms with Crippen molar-refractivity contribution in [2.24, 2.45) is 0 Å². The first kappa shape index (κ1) is 21.7. The summed E-state index contributed by atoms with van der Waals surface area (Å²) in [5.74, 6) is 0.500. The lowest BCUT2D eigenvalue weighted by Crippen LogP contribution is -2.47. The summed E-state index contributed by atoms with van der Waals surface area (Å²) in [6.45, 7) is 8.10. The number of nitrogens with zero attached hydrogens (tertiary/aromatic N) is 2. The van der Waals surface area contributed by atoms with Crippen molar-refractivity contribution in [1.29, 1.82) is 0 Å². The summed E-state index contributed by atoms with van der Waals surface area (Å²) in [6.07, 6.45) is 2.50. The number of rotatable bonds is 4. The second kappa shape index (κ2) is 8.38. The van der Waals surface area contributed by atoms with Crippen LogP contribution < -0.4 is 4.90 Å². The monoisotopic (exact) mass is 590 g/mol. The van der Waals surface area contributed by atoms with Gasteiger partial charge in [0.15, 0.2) is 0 Å². The van der Waals surface area contributed by atoms with E-state index in [1.807, 2.05) is 49.1 Å². The van der Waals surface area contributed by atoms with Crippen LogP contribution in [0.4, 0.5) is 5.69 Å². The molecule has 1 atom stereocenters. The standard InChI is InChI=1S/C21H18BrCl2IN2O/c1-4-19(25)27-13(2)26(18-10-16(23)9-17(24)11-18)20(28)21(27,3)12-14-5-7-15(22)8-6-14/h4-11H,2,12H2,1,3H3/b19-4-/t21-/m1/s1. The first-order valence-corrected chi connectivity index (χ1v) is 11.2. The Kier molecular flexibility index (Phi) is 6.49. The molecule has 1 amide bonds. The summed E-state index contributed by atoms with van der Waals surface area (Å²) >= 11 is 18.1. The van der Waals surface area contributed by atoms with E-state index >= 15 is 0 Å². The van der Waals surface area contributed by atoms with Gasteiger partial charge in [-0.25, -0.2) is 0 Å². The first-order valence-electron chi connectivity index (χ1n) is 8.53. The topological polar surface area (TPSA) is 23.6 Å². The highest BCUT2D eigenvalue weighted by Crippen LogP contribution is 2.43. The summed E-state index contributed by atoms with van der Waals surface area (Å²) in [7, 11) is 0. The summed E-state index contributed by atoms with van der Waals surface area (Å²) in [4.78, 5) is 17.2. The zero-order valence-electron chi connectivity index (χ0n) is 15.3. The van der Waals surface area contributed by atoms with Crippen molar-refractivity contribution in [3.8, 4) is 0 Å². The maximum absolute atomic E-state index is 13.7. The van der Waals surface area contributed by atoms with E-state index in [0.29, 0.717) is 28.0 Å². The third-order valence-electron chi connectivity index (χ3n) is 4.69. The number of anilines is 1. The minimum absolute atomic E-state index is 0.0743. The zero-order valence-corrected chi connectivity index (χ0v) is 20.6. The largest absolute Gasteiger partial charge is 0.307 e. The van der Waals surface area contributed by atoms with Gasteiger partial charge in [-0.3, -0.25) is 9.69 Å². The maximum atomic E-state index is 13.7. The molecule has 0 N–H and O–H groups in total. The van der Waals surface area contributed by atoms with E-state index in [-0.39, 0.29) is 5.91 Å². The van der Waals surface area contributed by atoms with Crippen LogP contribution in [0.15, 0.2) is 69.1 Å². The van der Waals surface area contributed by atoms with Crippen LogP contribution in [0.2, 0.25) is 10.0 Å². The fourth-order valence-corrected chi connectivity index (χ4v) is 5.01. The molecule has 7 heteroatoms. The highest BCUT2D eigenvalue weighted by atomic mass is 127. The van der Waals surface area contributed by atoms with Crippen LogP contribution in [0.5, 0.6) is 0 Å². The Hall–Kier alpha value is -1.02. The molecule has 146 valence electrons. The predicted molar refractivity (Wildman–Crippen MR) is 129 cm³/mol. The average Bonchev–Trinajstić information content (AvgIpc) is 2.81. The van der Waals surface area contributed by atoms with Crippen molar-refractivity contribution in [2.45, 2.75) is 25.8 Å². The van der Waals surface area contributed by atoms with Crippen LogP contribution >= 0.6 is 61.7 Å². The smallest absolute Gasteiger partial charge is 0.259 e. The minimum atomic E-state index is -0.831. The van der Waals surface area contributed by atoms with Gasteiger partial charge < -0.3 is 4.90 Å². The lowest BCUT2D eigenvalue weighted by molar-refractivity contribution is -0.123. The fourth-order valence-electron chi connectivity index (χ4n) is 3.42. The van der Waals surface area contributed by atoms with Crippen LogP contribution in [0.1, 0.15) is 19.4 Å². The van der Waals surface area contributed by atoms with E-state index in [2.05, 4.69) is 45.1 Å². The van der Waals surface area contributed by atoms with Gasteiger partial charge in [-0.1, -0.05) is 63.9 Å². The lowest BCUT2D eigenvalue weighted by Gasteiger charge is -2.33. The lowest BCUT2D eigenvalue weighted by atomic mass is 9.91. The van der Waals surface area contributed by atoms with Crippen molar-refractivity contribution < 1.29 is 4.79 Å². The van der Waals surface area contributed by atoms with Crippen LogP contribution in [0, 0.1) is 0 Å². The number of halogens is 4. The van der Waals surface area contributed by atoms with Gasteiger partial charge in [-0.15, -0.1) is 0 Å². The third kappa shape index (κ3) is 3.99. The van der Waals surface area contributed by atoms with Crippen LogP contribution in [-0.2, 0) is 11.2 Å². The molecule has 2 aromatic carbocycles. The van der Waals surface area contributed by atoms with E-state index in [0.717, 1.165) is 13.7 Å². The Morgan fingerprint density at radius 1 is 1.21 bits per heavy atom. The van der Waals surface area contributed by atoms with Crippen molar-refractivity contribution in [3.63, 3.8) is 0 Å². The number of benzene rings is 2. The highest BCUT2D eigenvalue weighted by molar-refractivity contribution is 14.1. The van der Waals surface area contributed by atoms with Gasteiger partial charge in [0.05, 0.1) is 9.39 Å². The average molecular weight is 592 g/mol. The van der Waals surface area contributed by atoms with Crippen molar-refractivity contribution in [1.82, 2.24) is 4.90 Å². The van der Waals surface area contributed by atoms with Crippen LogP contribution in [0.3, 0.4) is 0 Å². The van der Waals surface area contributed by atoms with Gasteiger partial charge in [-0.05, 0) is 72.3 Å². The molecule has 2 aromatic rings. The van der Waals surface area contributed by atoms with E-state index in [9.17, 15) is 4.79 Å². The zero-order chi connectivity index (χ0) is 20.6. The number of hydrogen-bond donors (Lipinski definition) is 0. The molecule has 1 aliphatic heterocycles. The molecule has 0 aromatic heterocycles. The summed E-state index contributed by atoms with van der Waals surface area (Å²) in [5, 5.41) is 0.939. The van der Waals surface area contributed by atoms with Gasteiger partial charge in [-0.2, -0.15) is 0 Å². The molecular formula is C21H18BrCl2IN2O. The maximum Gasteiger partial charge on any atom is 0.259 e. The van der Waals surface area contributed by atoms with E-state index < -0.39 is 5.54 Å². The summed E-state index contributed by atoms with van der Waals surface area (Å²) < 4.78 is 1.92. The molecular weight excluding hydrogens is 574 g/mol. The quantitative estimate of drug-likeness (QED) is 0.278. The van der Waals surface area contributed by atoms with Gasteiger partial charge in [0.2, 0.25) is 0 Å². The fraction of sp³-hybridized carbons (Fsp3) is 0.190. The van der Waals surface area contributed by atoms with Crippen LogP contribution in [0.25, 0.3) is 0 Å². The Bertz CT molecular complexity index is 957. The number of hydrogen-bond acceptors (Lipinski definition) is 2. The normalized spacial score (nSPS) is 20.3. The second-order valence-electron chi connectivity index (χ2n) is 6.71. The van der Waals surface area contributed by atoms with E-state index in [4.69, 9.17) is 23.2 Å². The molecule has 0 bridgehead atoms. The Labute approximate surface area is 197 Å². The summed E-state index contributed by atoms with van der Waals surface area (Å²) in [6, 6.07) is 13.1. The molecule has 0 spiro atoms. The molecule has 28 heavy (non-hydrogen) atoms. The highest BCUT2D eigenvalue weighted by Gasteiger charge is 2.52. The second-order valence-corrected chi connectivity index (χ2v) is 9.60. The van der Waals surface area contributed by atoms with Gasteiger partial charge in [0.25, 0.3) is 5.91 Å². The first-order chi connectivity index (χ1) is 13.2. The Balaban J connectivity index is 2.10. The number of amides is 1. The number of carbonyl (C=O) groups is 1. The van der Waals surface area contributed by atoms with Gasteiger partial charge in [0, 0.05) is 20.9 Å². The van der Waals surface area contributed by atoms with Crippen molar-refractivity contribution in [2.75, 3.05) is 4.90 Å². The third-order valence-corrected chi connectivity index (χ3v) is 6.76. The van der Waals surface area contributed by atoms with E-state index in [1.54, 1.807) is 23.1 Å². The molecule has 1 aliphatic rings. The Morgan fingerprint density at radius 3 is 2.32 bits per heavy atom. The molecule has 3 nitrogen and oxygen atoms in total. The van der Waals surface area contributed by atoms with Gasteiger partial charge >= 0.3 is 0 Å². The van der Waals surface area contributed by atoms with Crippen molar-refractivity contribution >= 4 is 73.3 Å². The van der Waals surface area contributed by atoms with E-state index in [1.165, 1.54) is 0 Å². The molecule has 0 unspecified atom stereocenters. The predicted octanol–water partition coefficient (Wildman–Crippen LogP) is 7.17. The van der Waals surface area contributed by atoms with Crippen molar-refractivity contribution in [3.05, 3.63) is 84.7 Å².